The monoisotopic (exact) mass is 493 g/mol. The number of nitrogens with zero attached hydrogens (tertiary/aromatic N) is 3. The lowest BCUT2D eigenvalue weighted by molar-refractivity contribution is 0.0984. The molecule has 0 bridgehead atoms. The molecule has 0 aliphatic carbocycles. The Hall–Kier alpha value is -2.36. The lowest BCUT2D eigenvalue weighted by Gasteiger charge is -2.23. The first-order chi connectivity index (χ1) is 14.4. The standard InChI is InChI=1S/C21H24BrN3O4S/c1-24(2)8-9-25(21-23-15-7-6-14(22)12-18(15)30-21)20(26)13-10-16(27-3)19(29-5)17(11-13)28-4/h6-7,10-12H,8-9H2,1-5H3. The van der Waals surface area contributed by atoms with Gasteiger partial charge in [-0.2, -0.15) is 0 Å². The highest BCUT2D eigenvalue weighted by molar-refractivity contribution is 9.10. The van der Waals surface area contributed by atoms with Crippen LogP contribution in [0.5, 0.6) is 17.2 Å². The number of anilines is 1. The molecular formula is C21H24BrN3O4S. The molecule has 0 spiro atoms. The number of amides is 1. The Kier molecular flexibility index (Phi) is 7.17. The summed E-state index contributed by atoms with van der Waals surface area (Å²) in [5, 5.41) is 0.642. The van der Waals surface area contributed by atoms with E-state index in [0.29, 0.717) is 41.0 Å². The molecule has 0 aliphatic rings. The van der Waals surface area contributed by atoms with E-state index in [-0.39, 0.29) is 5.91 Å². The normalized spacial score (nSPS) is 11.0. The zero-order chi connectivity index (χ0) is 21.8. The van der Waals surface area contributed by atoms with Gasteiger partial charge in [-0.25, -0.2) is 4.98 Å². The fraction of sp³-hybridized carbons (Fsp3) is 0.333. The number of aromatic nitrogens is 1. The molecule has 2 aromatic carbocycles. The molecule has 160 valence electrons. The second kappa shape index (κ2) is 9.63. The van der Waals surface area contributed by atoms with Crippen molar-refractivity contribution in [2.24, 2.45) is 0 Å². The van der Waals surface area contributed by atoms with Crippen LogP contribution >= 0.6 is 27.3 Å². The molecule has 3 rings (SSSR count). The summed E-state index contributed by atoms with van der Waals surface area (Å²) >= 11 is 4.97. The van der Waals surface area contributed by atoms with E-state index in [9.17, 15) is 4.79 Å². The molecule has 1 aromatic heterocycles. The summed E-state index contributed by atoms with van der Waals surface area (Å²) in [6.45, 7) is 1.18. The van der Waals surface area contributed by atoms with Crippen molar-refractivity contribution >= 4 is 48.5 Å². The quantitative estimate of drug-likeness (QED) is 0.466. The molecule has 3 aromatic rings. The number of ether oxygens (including phenoxy) is 3. The Morgan fingerprint density at radius 1 is 1.03 bits per heavy atom. The lowest BCUT2D eigenvalue weighted by atomic mass is 10.1. The van der Waals surface area contributed by atoms with E-state index in [1.165, 1.54) is 32.7 Å². The van der Waals surface area contributed by atoms with Crippen LogP contribution < -0.4 is 19.1 Å². The Morgan fingerprint density at radius 2 is 1.70 bits per heavy atom. The van der Waals surface area contributed by atoms with E-state index >= 15 is 0 Å². The number of benzene rings is 2. The summed E-state index contributed by atoms with van der Waals surface area (Å²) in [7, 11) is 8.53. The number of halogens is 1. The molecule has 1 heterocycles. The smallest absolute Gasteiger partial charge is 0.260 e. The van der Waals surface area contributed by atoms with Gasteiger partial charge >= 0.3 is 0 Å². The maximum absolute atomic E-state index is 13.6. The van der Waals surface area contributed by atoms with Gasteiger partial charge in [0.25, 0.3) is 5.91 Å². The van der Waals surface area contributed by atoms with E-state index < -0.39 is 0 Å². The van der Waals surface area contributed by atoms with Gasteiger partial charge in [-0.3, -0.25) is 9.69 Å². The molecule has 7 nitrogen and oxygen atoms in total. The second-order valence-corrected chi connectivity index (χ2v) is 8.71. The fourth-order valence-corrected chi connectivity index (χ4v) is 4.49. The van der Waals surface area contributed by atoms with Crippen molar-refractivity contribution in [3.63, 3.8) is 0 Å². The van der Waals surface area contributed by atoms with Crippen LogP contribution in [0.25, 0.3) is 10.2 Å². The van der Waals surface area contributed by atoms with Crippen LogP contribution in [0, 0.1) is 0 Å². The Morgan fingerprint density at radius 3 is 2.27 bits per heavy atom. The second-order valence-electron chi connectivity index (χ2n) is 6.78. The number of likely N-dealkylation sites (N-methyl/N-ethyl adjacent to an activating group) is 1. The van der Waals surface area contributed by atoms with Gasteiger partial charge in [0.2, 0.25) is 5.75 Å². The predicted octanol–water partition coefficient (Wildman–Crippen LogP) is 4.29. The summed E-state index contributed by atoms with van der Waals surface area (Å²) in [4.78, 5) is 22.0. The number of carbonyl (C=O) groups excluding carboxylic acids is 1. The minimum atomic E-state index is -0.186. The number of carbonyl (C=O) groups is 1. The number of methoxy groups -OCH3 is 3. The summed E-state index contributed by atoms with van der Waals surface area (Å²) in [5.41, 5.74) is 1.29. The van der Waals surface area contributed by atoms with E-state index in [1.54, 1.807) is 17.0 Å². The van der Waals surface area contributed by atoms with Gasteiger partial charge in [-0.05, 0) is 44.4 Å². The summed E-state index contributed by atoms with van der Waals surface area (Å²) < 4.78 is 18.2. The SMILES string of the molecule is COc1cc(C(=O)N(CCN(C)C)c2nc3ccc(Br)cc3s2)cc(OC)c1OC. The average molecular weight is 494 g/mol. The fourth-order valence-electron chi connectivity index (χ4n) is 2.95. The Balaban J connectivity index is 2.05. The molecule has 0 saturated carbocycles. The largest absolute Gasteiger partial charge is 0.493 e. The van der Waals surface area contributed by atoms with E-state index in [1.807, 2.05) is 37.2 Å². The Labute approximate surface area is 188 Å². The van der Waals surface area contributed by atoms with Crippen molar-refractivity contribution in [2.75, 3.05) is 53.4 Å². The van der Waals surface area contributed by atoms with Crippen molar-refractivity contribution in [3.05, 3.63) is 40.4 Å². The predicted molar refractivity (Wildman–Crippen MR) is 124 cm³/mol. The number of hydrogen-bond acceptors (Lipinski definition) is 7. The average Bonchev–Trinajstić information content (AvgIpc) is 3.14. The van der Waals surface area contributed by atoms with Crippen molar-refractivity contribution in [2.45, 2.75) is 0 Å². The molecule has 30 heavy (non-hydrogen) atoms. The molecule has 0 saturated heterocycles. The highest BCUT2D eigenvalue weighted by atomic mass is 79.9. The zero-order valence-electron chi connectivity index (χ0n) is 17.6. The van der Waals surface area contributed by atoms with Gasteiger partial charge in [-0.1, -0.05) is 27.3 Å². The van der Waals surface area contributed by atoms with Gasteiger partial charge in [0.1, 0.15) is 0 Å². The number of rotatable bonds is 8. The van der Waals surface area contributed by atoms with Crippen LogP contribution in [-0.4, -0.2) is 64.3 Å². The number of fused-ring (bicyclic) bond motifs is 1. The number of thiazole rings is 1. The minimum Gasteiger partial charge on any atom is -0.493 e. The highest BCUT2D eigenvalue weighted by Crippen LogP contribution is 2.39. The van der Waals surface area contributed by atoms with Crippen LogP contribution in [0.4, 0.5) is 5.13 Å². The molecule has 0 atom stereocenters. The van der Waals surface area contributed by atoms with Crippen molar-refractivity contribution < 1.29 is 19.0 Å². The van der Waals surface area contributed by atoms with Crippen LogP contribution in [0.15, 0.2) is 34.8 Å². The Bertz CT molecular complexity index is 1030. The third-order valence-electron chi connectivity index (χ3n) is 4.50. The van der Waals surface area contributed by atoms with Gasteiger partial charge in [-0.15, -0.1) is 0 Å². The van der Waals surface area contributed by atoms with Crippen molar-refractivity contribution in [3.8, 4) is 17.2 Å². The van der Waals surface area contributed by atoms with Crippen LogP contribution in [0.2, 0.25) is 0 Å². The first kappa shape index (κ1) is 22.3. The van der Waals surface area contributed by atoms with Crippen molar-refractivity contribution in [1.29, 1.82) is 0 Å². The van der Waals surface area contributed by atoms with E-state index in [0.717, 1.165) is 14.7 Å². The zero-order valence-corrected chi connectivity index (χ0v) is 20.0. The molecular weight excluding hydrogens is 470 g/mol. The molecule has 0 fully saturated rings. The van der Waals surface area contributed by atoms with Gasteiger partial charge in [0, 0.05) is 23.1 Å². The summed E-state index contributed by atoms with van der Waals surface area (Å²) in [5.74, 6) is 1.12. The highest BCUT2D eigenvalue weighted by Gasteiger charge is 2.24. The first-order valence-corrected chi connectivity index (χ1v) is 10.8. The molecule has 0 unspecified atom stereocenters. The molecule has 1 amide bonds. The third-order valence-corrected chi connectivity index (χ3v) is 6.03. The molecule has 0 radical (unpaired) electrons. The molecule has 0 aliphatic heterocycles. The third kappa shape index (κ3) is 4.69. The van der Waals surface area contributed by atoms with Crippen LogP contribution in [0.3, 0.4) is 0 Å². The maximum atomic E-state index is 13.6. The topological polar surface area (TPSA) is 64.1 Å². The van der Waals surface area contributed by atoms with Gasteiger partial charge in [0.05, 0.1) is 31.5 Å². The molecule has 0 N–H and O–H groups in total. The van der Waals surface area contributed by atoms with E-state index in [2.05, 4.69) is 15.9 Å². The first-order valence-electron chi connectivity index (χ1n) is 9.20. The summed E-state index contributed by atoms with van der Waals surface area (Å²) in [6.07, 6.45) is 0. The summed E-state index contributed by atoms with van der Waals surface area (Å²) in [6, 6.07) is 9.21. The van der Waals surface area contributed by atoms with Crippen LogP contribution in [0.1, 0.15) is 10.4 Å². The lowest BCUT2D eigenvalue weighted by Crippen LogP contribution is -2.36. The molecule has 9 heteroatoms. The minimum absolute atomic E-state index is 0.186. The van der Waals surface area contributed by atoms with Gasteiger partial charge in [0.15, 0.2) is 16.6 Å². The maximum Gasteiger partial charge on any atom is 0.260 e. The van der Waals surface area contributed by atoms with E-state index in [4.69, 9.17) is 19.2 Å². The van der Waals surface area contributed by atoms with Gasteiger partial charge < -0.3 is 19.1 Å². The number of hydrogen-bond donors (Lipinski definition) is 0. The van der Waals surface area contributed by atoms with Crippen LogP contribution in [-0.2, 0) is 0 Å². The van der Waals surface area contributed by atoms with Crippen molar-refractivity contribution in [1.82, 2.24) is 9.88 Å².